The van der Waals surface area contributed by atoms with E-state index in [1.807, 2.05) is 4.98 Å². The number of aromatic amines is 1. The van der Waals surface area contributed by atoms with Gasteiger partial charge in [0.05, 0.1) is 24.8 Å². The molecular formula is C12H15F3N4O3. The lowest BCUT2D eigenvalue weighted by atomic mass is 10.2. The molecule has 1 aromatic rings. The third-order valence-electron chi connectivity index (χ3n) is 3.19. The van der Waals surface area contributed by atoms with E-state index in [0.717, 1.165) is 12.3 Å². The number of carbonyl (C=O) groups is 2. The number of H-pyrrole nitrogens is 1. The molecule has 1 aliphatic heterocycles. The Balaban J connectivity index is 1.87. The zero-order chi connectivity index (χ0) is 16.3. The van der Waals surface area contributed by atoms with Gasteiger partial charge in [-0.05, 0) is 6.07 Å². The highest BCUT2D eigenvalue weighted by Crippen LogP contribution is 2.28. The van der Waals surface area contributed by atoms with Gasteiger partial charge in [-0.2, -0.15) is 13.2 Å². The molecule has 1 unspecified atom stereocenters. The molecule has 0 spiro atoms. The first-order valence-electron chi connectivity index (χ1n) is 6.47. The molecule has 0 aromatic carbocycles. The number of halogens is 3. The second-order valence-corrected chi connectivity index (χ2v) is 4.79. The van der Waals surface area contributed by atoms with Crippen LogP contribution in [0.4, 0.5) is 18.0 Å². The topological polar surface area (TPSA) is 100 Å². The summed E-state index contributed by atoms with van der Waals surface area (Å²) in [6, 6.07) is 0.146. The highest BCUT2D eigenvalue weighted by atomic mass is 19.4. The SMILES string of the molecule is NC(=O)N1CCOC(CNC(=O)c2c[nH]c(C(F)(F)F)c2)C1. The average molecular weight is 320 g/mol. The molecule has 0 aliphatic carbocycles. The number of nitrogens with zero attached hydrogens (tertiary/aromatic N) is 1. The summed E-state index contributed by atoms with van der Waals surface area (Å²) < 4.78 is 42.6. The monoisotopic (exact) mass is 320 g/mol. The van der Waals surface area contributed by atoms with Crippen LogP contribution in [0.5, 0.6) is 0 Å². The van der Waals surface area contributed by atoms with Gasteiger partial charge in [0.15, 0.2) is 0 Å². The Hall–Kier alpha value is -2.23. The van der Waals surface area contributed by atoms with Crippen molar-refractivity contribution >= 4 is 11.9 Å². The van der Waals surface area contributed by atoms with Crippen molar-refractivity contribution in [3.8, 4) is 0 Å². The number of hydrogen-bond donors (Lipinski definition) is 3. The molecule has 0 saturated carbocycles. The van der Waals surface area contributed by atoms with Gasteiger partial charge < -0.3 is 25.7 Å². The molecule has 122 valence electrons. The summed E-state index contributed by atoms with van der Waals surface area (Å²) in [5, 5.41) is 2.46. The van der Waals surface area contributed by atoms with Crippen molar-refractivity contribution in [2.45, 2.75) is 12.3 Å². The number of hydrogen-bond acceptors (Lipinski definition) is 3. The normalized spacial score (nSPS) is 19.0. The van der Waals surface area contributed by atoms with Crippen LogP contribution in [0.2, 0.25) is 0 Å². The minimum absolute atomic E-state index is 0.0646. The lowest BCUT2D eigenvalue weighted by molar-refractivity contribution is -0.140. The number of ether oxygens (including phenoxy) is 1. The quantitative estimate of drug-likeness (QED) is 0.758. The van der Waals surface area contributed by atoms with Crippen LogP contribution in [0.3, 0.4) is 0 Å². The number of nitrogens with one attached hydrogen (secondary N) is 2. The van der Waals surface area contributed by atoms with Gasteiger partial charge in [-0.1, -0.05) is 0 Å². The summed E-state index contributed by atoms with van der Waals surface area (Å²) in [7, 11) is 0. The van der Waals surface area contributed by atoms with Crippen LogP contribution >= 0.6 is 0 Å². The Bertz CT molecular complexity index is 558. The lowest BCUT2D eigenvalue weighted by Gasteiger charge is -2.31. The van der Waals surface area contributed by atoms with E-state index in [2.05, 4.69) is 5.32 Å². The highest BCUT2D eigenvalue weighted by Gasteiger charge is 2.33. The van der Waals surface area contributed by atoms with E-state index < -0.39 is 29.9 Å². The molecular weight excluding hydrogens is 305 g/mol. The van der Waals surface area contributed by atoms with Crippen LogP contribution in [-0.2, 0) is 10.9 Å². The van der Waals surface area contributed by atoms with E-state index in [1.54, 1.807) is 0 Å². The summed E-state index contributed by atoms with van der Waals surface area (Å²) in [5.74, 6) is -0.661. The van der Waals surface area contributed by atoms with Crippen LogP contribution in [0.25, 0.3) is 0 Å². The van der Waals surface area contributed by atoms with Crippen molar-refractivity contribution in [1.82, 2.24) is 15.2 Å². The minimum Gasteiger partial charge on any atom is -0.373 e. The van der Waals surface area contributed by atoms with Gasteiger partial charge in [-0.25, -0.2) is 4.79 Å². The van der Waals surface area contributed by atoms with Crippen LogP contribution in [0.15, 0.2) is 12.3 Å². The molecule has 4 N–H and O–H groups in total. The zero-order valence-electron chi connectivity index (χ0n) is 11.4. The van der Waals surface area contributed by atoms with E-state index >= 15 is 0 Å². The van der Waals surface area contributed by atoms with Crippen molar-refractivity contribution in [3.63, 3.8) is 0 Å². The van der Waals surface area contributed by atoms with Gasteiger partial charge in [0.1, 0.15) is 5.69 Å². The molecule has 1 atom stereocenters. The molecule has 1 aliphatic rings. The molecule has 2 heterocycles. The summed E-state index contributed by atoms with van der Waals surface area (Å²) in [6.07, 6.45) is -4.01. The molecule has 0 radical (unpaired) electrons. The third kappa shape index (κ3) is 3.91. The Morgan fingerprint density at radius 3 is 2.82 bits per heavy atom. The number of carbonyl (C=O) groups excluding carboxylic acids is 2. The molecule has 7 nitrogen and oxygen atoms in total. The largest absolute Gasteiger partial charge is 0.431 e. The molecule has 1 saturated heterocycles. The molecule has 0 bridgehead atoms. The van der Waals surface area contributed by atoms with Crippen molar-refractivity contribution in [2.75, 3.05) is 26.2 Å². The van der Waals surface area contributed by atoms with E-state index in [1.165, 1.54) is 4.90 Å². The third-order valence-corrected chi connectivity index (χ3v) is 3.19. The first-order chi connectivity index (χ1) is 10.3. The summed E-state index contributed by atoms with van der Waals surface area (Å²) >= 11 is 0. The number of aromatic nitrogens is 1. The Morgan fingerprint density at radius 1 is 1.50 bits per heavy atom. The second kappa shape index (κ2) is 6.26. The first-order valence-corrected chi connectivity index (χ1v) is 6.47. The summed E-state index contributed by atoms with van der Waals surface area (Å²) in [6.45, 7) is 0.935. The fourth-order valence-electron chi connectivity index (χ4n) is 2.04. The van der Waals surface area contributed by atoms with E-state index in [4.69, 9.17) is 10.5 Å². The number of urea groups is 1. The van der Waals surface area contributed by atoms with Gasteiger partial charge in [0.25, 0.3) is 5.91 Å². The van der Waals surface area contributed by atoms with E-state index in [9.17, 15) is 22.8 Å². The number of amides is 3. The zero-order valence-corrected chi connectivity index (χ0v) is 11.4. The Morgan fingerprint density at radius 2 is 2.23 bits per heavy atom. The second-order valence-electron chi connectivity index (χ2n) is 4.79. The van der Waals surface area contributed by atoms with Crippen LogP contribution in [-0.4, -0.2) is 54.2 Å². The van der Waals surface area contributed by atoms with Crippen molar-refractivity contribution in [1.29, 1.82) is 0 Å². The molecule has 10 heteroatoms. The molecule has 2 rings (SSSR count). The Labute approximate surface area is 123 Å². The van der Waals surface area contributed by atoms with Gasteiger partial charge >= 0.3 is 12.2 Å². The summed E-state index contributed by atoms with van der Waals surface area (Å²) in [4.78, 5) is 26.2. The molecule has 1 aromatic heterocycles. The lowest BCUT2D eigenvalue weighted by Crippen LogP contribution is -2.51. The predicted octanol–water partition coefficient (Wildman–Crippen LogP) is 0.543. The number of morpholine rings is 1. The average Bonchev–Trinajstić information content (AvgIpc) is 2.95. The van der Waals surface area contributed by atoms with E-state index in [-0.39, 0.29) is 25.3 Å². The van der Waals surface area contributed by atoms with Crippen LogP contribution in [0, 0.1) is 0 Å². The maximum absolute atomic E-state index is 12.4. The van der Waals surface area contributed by atoms with Gasteiger partial charge in [-0.15, -0.1) is 0 Å². The fraction of sp³-hybridized carbons (Fsp3) is 0.500. The number of primary amides is 1. The molecule has 1 fully saturated rings. The molecule has 22 heavy (non-hydrogen) atoms. The maximum atomic E-state index is 12.4. The fourth-order valence-corrected chi connectivity index (χ4v) is 2.04. The number of nitrogens with two attached hydrogens (primary N) is 1. The Kier molecular flexibility index (Phi) is 4.59. The van der Waals surface area contributed by atoms with Crippen LogP contribution < -0.4 is 11.1 Å². The first kappa shape index (κ1) is 16.1. The van der Waals surface area contributed by atoms with Gasteiger partial charge in [0.2, 0.25) is 0 Å². The van der Waals surface area contributed by atoms with Crippen molar-refractivity contribution in [3.05, 3.63) is 23.5 Å². The van der Waals surface area contributed by atoms with E-state index in [0.29, 0.717) is 6.54 Å². The highest BCUT2D eigenvalue weighted by molar-refractivity contribution is 5.94. The smallest absolute Gasteiger partial charge is 0.373 e. The maximum Gasteiger partial charge on any atom is 0.431 e. The van der Waals surface area contributed by atoms with Crippen molar-refractivity contribution < 1.29 is 27.5 Å². The number of alkyl halides is 3. The van der Waals surface area contributed by atoms with Crippen molar-refractivity contribution in [2.24, 2.45) is 5.73 Å². The van der Waals surface area contributed by atoms with Crippen LogP contribution in [0.1, 0.15) is 16.1 Å². The van der Waals surface area contributed by atoms with Gasteiger partial charge in [-0.3, -0.25) is 4.79 Å². The minimum atomic E-state index is -4.53. The number of rotatable bonds is 3. The predicted molar refractivity (Wildman–Crippen MR) is 69.0 cm³/mol. The van der Waals surface area contributed by atoms with Gasteiger partial charge in [0, 0.05) is 19.3 Å². The molecule has 3 amide bonds. The standard InChI is InChI=1S/C12H15F3N4O3/c13-12(14,15)9-3-7(4-17-9)10(20)18-5-8-6-19(11(16)21)1-2-22-8/h3-4,8,17H,1-2,5-6H2,(H2,16,21)(H,18,20). The summed E-state index contributed by atoms with van der Waals surface area (Å²) in [5.41, 5.74) is 4.03.